The van der Waals surface area contributed by atoms with Crippen LogP contribution in [0, 0.1) is 5.82 Å². The topological polar surface area (TPSA) is 53.0 Å². The number of benzene rings is 3. The van der Waals surface area contributed by atoms with Gasteiger partial charge < -0.3 is 9.84 Å². The number of piperazine rings is 1. The lowest BCUT2D eigenvalue weighted by molar-refractivity contribution is 0.101. The lowest BCUT2D eigenvalue weighted by atomic mass is 10.0. The molecule has 5 rings (SSSR count). The SMILES string of the molecule is O=C1/C(=C/c2c(F)cccc2Cl)Oc2c1ccc(O)c2CN1CCN(Cc2ccccc2)CC1. The highest BCUT2D eigenvalue weighted by molar-refractivity contribution is 6.32. The van der Waals surface area contributed by atoms with Crippen LogP contribution < -0.4 is 4.74 Å². The second kappa shape index (κ2) is 9.58. The van der Waals surface area contributed by atoms with Crippen molar-refractivity contribution in [3.63, 3.8) is 0 Å². The van der Waals surface area contributed by atoms with Crippen LogP contribution >= 0.6 is 11.6 Å². The Labute approximate surface area is 202 Å². The van der Waals surface area contributed by atoms with Gasteiger partial charge in [-0.3, -0.25) is 14.6 Å². The number of rotatable bonds is 5. The molecule has 1 N–H and O–H groups in total. The van der Waals surface area contributed by atoms with Gasteiger partial charge in [-0.25, -0.2) is 4.39 Å². The van der Waals surface area contributed by atoms with Gasteiger partial charge in [0.2, 0.25) is 5.78 Å². The summed E-state index contributed by atoms with van der Waals surface area (Å²) in [6, 6.07) is 17.8. The van der Waals surface area contributed by atoms with E-state index in [0.29, 0.717) is 23.4 Å². The van der Waals surface area contributed by atoms with E-state index in [-0.39, 0.29) is 27.9 Å². The molecule has 0 saturated carbocycles. The van der Waals surface area contributed by atoms with E-state index in [1.165, 1.54) is 35.9 Å². The average Bonchev–Trinajstić information content (AvgIpc) is 3.15. The third-order valence-corrected chi connectivity index (χ3v) is 6.62. The lowest BCUT2D eigenvalue weighted by Gasteiger charge is -2.35. The fourth-order valence-corrected chi connectivity index (χ4v) is 4.62. The number of carbonyl (C=O) groups excluding carboxylic acids is 1. The van der Waals surface area contributed by atoms with Gasteiger partial charge in [0.15, 0.2) is 5.76 Å². The van der Waals surface area contributed by atoms with Crippen LogP contribution in [0.2, 0.25) is 5.02 Å². The third kappa shape index (κ3) is 4.57. The van der Waals surface area contributed by atoms with Crippen LogP contribution in [0.4, 0.5) is 4.39 Å². The maximum atomic E-state index is 14.2. The Morgan fingerprint density at radius 1 is 0.941 bits per heavy atom. The fraction of sp³-hybridized carbons (Fsp3) is 0.222. The van der Waals surface area contributed by atoms with Crippen LogP contribution in [-0.4, -0.2) is 46.9 Å². The van der Waals surface area contributed by atoms with Crippen molar-refractivity contribution >= 4 is 23.5 Å². The van der Waals surface area contributed by atoms with E-state index in [9.17, 15) is 14.3 Å². The molecule has 2 heterocycles. The summed E-state index contributed by atoms with van der Waals surface area (Å²) in [6.07, 6.45) is 1.32. The second-order valence-corrected chi connectivity index (χ2v) is 8.96. The number of hydrogen-bond acceptors (Lipinski definition) is 5. The van der Waals surface area contributed by atoms with E-state index in [2.05, 4.69) is 34.1 Å². The van der Waals surface area contributed by atoms with Gasteiger partial charge in [-0.15, -0.1) is 0 Å². The molecule has 0 unspecified atom stereocenters. The minimum Gasteiger partial charge on any atom is -0.507 e. The maximum Gasteiger partial charge on any atom is 0.231 e. The summed E-state index contributed by atoms with van der Waals surface area (Å²) in [5.41, 5.74) is 2.30. The number of ketones is 1. The number of ether oxygens (including phenoxy) is 1. The van der Waals surface area contributed by atoms with Crippen molar-refractivity contribution in [3.8, 4) is 11.5 Å². The Bertz CT molecular complexity index is 1230. The minimum absolute atomic E-state index is 0.0125. The van der Waals surface area contributed by atoms with E-state index in [1.807, 2.05) is 6.07 Å². The predicted molar refractivity (Wildman–Crippen MR) is 129 cm³/mol. The molecule has 5 nitrogen and oxygen atoms in total. The number of allylic oxidation sites excluding steroid dienone is 1. The van der Waals surface area contributed by atoms with E-state index in [4.69, 9.17) is 16.3 Å². The van der Waals surface area contributed by atoms with Crippen LogP contribution in [0.1, 0.15) is 27.0 Å². The van der Waals surface area contributed by atoms with Crippen LogP contribution in [0.15, 0.2) is 66.4 Å². The molecule has 3 aromatic rings. The molecule has 0 bridgehead atoms. The minimum atomic E-state index is -0.538. The summed E-state index contributed by atoms with van der Waals surface area (Å²) < 4.78 is 20.1. The van der Waals surface area contributed by atoms with Crippen molar-refractivity contribution in [1.29, 1.82) is 0 Å². The summed E-state index contributed by atoms with van der Waals surface area (Å²) in [6.45, 7) is 4.83. The maximum absolute atomic E-state index is 14.2. The second-order valence-electron chi connectivity index (χ2n) is 8.55. The number of phenols is 1. The monoisotopic (exact) mass is 478 g/mol. The van der Waals surface area contributed by atoms with Gasteiger partial charge >= 0.3 is 0 Å². The summed E-state index contributed by atoms with van der Waals surface area (Å²) >= 11 is 6.11. The predicted octanol–water partition coefficient (Wildman–Crippen LogP) is 5.12. The number of Topliss-reactive ketones (excluding diaryl/α,β-unsaturated/α-hetero) is 1. The van der Waals surface area contributed by atoms with Crippen molar-refractivity contribution < 1.29 is 19.0 Å². The average molecular weight is 479 g/mol. The van der Waals surface area contributed by atoms with Crippen molar-refractivity contribution in [1.82, 2.24) is 9.80 Å². The van der Waals surface area contributed by atoms with E-state index in [0.717, 1.165) is 32.7 Å². The van der Waals surface area contributed by atoms with Crippen molar-refractivity contribution in [3.05, 3.63) is 99.5 Å². The van der Waals surface area contributed by atoms with Gasteiger partial charge in [-0.1, -0.05) is 48.0 Å². The molecule has 0 atom stereocenters. The van der Waals surface area contributed by atoms with E-state index >= 15 is 0 Å². The third-order valence-electron chi connectivity index (χ3n) is 6.29. The Kier molecular flexibility index (Phi) is 6.37. The molecular formula is C27H24ClFN2O3. The molecule has 0 aliphatic carbocycles. The zero-order valence-corrected chi connectivity index (χ0v) is 19.3. The molecule has 0 aromatic heterocycles. The number of phenolic OH excluding ortho intramolecular Hbond substituents is 1. The molecule has 1 fully saturated rings. The number of nitrogens with zero attached hydrogens (tertiary/aromatic N) is 2. The van der Waals surface area contributed by atoms with Crippen LogP contribution in [0.5, 0.6) is 11.5 Å². The van der Waals surface area contributed by atoms with Gasteiger partial charge in [-0.05, 0) is 35.9 Å². The lowest BCUT2D eigenvalue weighted by Crippen LogP contribution is -2.45. The molecule has 1 saturated heterocycles. The highest BCUT2D eigenvalue weighted by Gasteiger charge is 2.32. The van der Waals surface area contributed by atoms with Crippen LogP contribution in [0.25, 0.3) is 6.08 Å². The number of hydrogen-bond donors (Lipinski definition) is 1. The number of fused-ring (bicyclic) bond motifs is 1. The Morgan fingerprint density at radius 2 is 1.65 bits per heavy atom. The number of halogens is 2. The Morgan fingerprint density at radius 3 is 2.35 bits per heavy atom. The molecule has 0 spiro atoms. The first kappa shape index (κ1) is 22.6. The summed E-state index contributed by atoms with van der Waals surface area (Å²) in [5, 5.41) is 10.8. The summed E-state index contributed by atoms with van der Waals surface area (Å²) in [4.78, 5) is 17.6. The first-order valence-electron chi connectivity index (χ1n) is 11.2. The molecule has 2 aliphatic heterocycles. The molecule has 7 heteroatoms. The Balaban J connectivity index is 1.31. The molecule has 174 valence electrons. The molecule has 2 aliphatic rings. The molecule has 3 aromatic carbocycles. The molecule has 0 amide bonds. The number of aromatic hydroxyl groups is 1. The molecule has 34 heavy (non-hydrogen) atoms. The highest BCUT2D eigenvalue weighted by Crippen LogP contribution is 2.40. The van der Waals surface area contributed by atoms with Crippen molar-refractivity contribution in [2.75, 3.05) is 26.2 Å². The number of carbonyl (C=O) groups is 1. The van der Waals surface area contributed by atoms with Crippen LogP contribution in [-0.2, 0) is 13.1 Å². The molecular weight excluding hydrogens is 455 g/mol. The summed E-state index contributed by atoms with van der Waals surface area (Å²) in [7, 11) is 0. The van der Waals surface area contributed by atoms with E-state index < -0.39 is 5.82 Å². The van der Waals surface area contributed by atoms with Gasteiger partial charge in [0.25, 0.3) is 0 Å². The largest absolute Gasteiger partial charge is 0.507 e. The smallest absolute Gasteiger partial charge is 0.231 e. The fourth-order valence-electron chi connectivity index (χ4n) is 4.40. The first-order chi connectivity index (χ1) is 16.5. The van der Waals surface area contributed by atoms with Gasteiger partial charge in [0.05, 0.1) is 16.1 Å². The molecule has 0 radical (unpaired) electrons. The van der Waals surface area contributed by atoms with Crippen molar-refractivity contribution in [2.24, 2.45) is 0 Å². The van der Waals surface area contributed by atoms with E-state index in [1.54, 1.807) is 6.07 Å². The van der Waals surface area contributed by atoms with Crippen LogP contribution in [0.3, 0.4) is 0 Å². The van der Waals surface area contributed by atoms with Gasteiger partial charge in [0.1, 0.15) is 17.3 Å². The van der Waals surface area contributed by atoms with Gasteiger partial charge in [0, 0.05) is 44.8 Å². The Hall–Kier alpha value is -3.19. The normalized spacial score (nSPS) is 17.7. The highest BCUT2D eigenvalue weighted by atomic mass is 35.5. The zero-order chi connectivity index (χ0) is 23.7. The standard InChI is InChI=1S/C27H24ClFN2O3/c28-22-7-4-8-23(29)20(22)15-25-26(33)19-9-10-24(32)21(27(19)34-25)17-31-13-11-30(12-14-31)16-18-5-2-1-3-6-18/h1-10,15,32H,11-14,16-17H2/b25-15-. The zero-order valence-electron chi connectivity index (χ0n) is 18.5. The quantitative estimate of drug-likeness (QED) is 0.516. The van der Waals surface area contributed by atoms with Gasteiger partial charge in [-0.2, -0.15) is 0 Å². The first-order valence-corrected chi connectivity index (χ1v) is 11.6. The summed E-state index contributed by atoms with van der Waals surface area (Å²) in [5.74, 6) is -0.507. The van der Waals surface area contributed by atoms with Crippen molar-refractivity contribution in [2.45, 2.75) is 13.1 Å².